The van der Waals surface area contributed by atoms with Gasteiger partial charge in [0.25, 0.3) is 0 Å². The number of benzene rings is 1. The van der Waals surface area contributed by atoms with Crippen molar-refractivity contribution < 1.29 is 14.2 Å². The summed E-state index contributed by atoms with van der Waals surface area (Å²) < 4.78 is 21.1. The minimum atomic E-state index is -0.560. The Morgan fingerprint density at radius 2 is 1.93 bits per heavy atom. The van der Waals surface area contributed by atoms with Crippen molar-refractivity contribution in [2.24, 2.45) is 0 Å². The number of anilines is 1. The van der Waals surface area contributed by atoms with Gasteiger partial charge in [0.15, 0.2) is 5.82 Å². The van der Waals surface area contributed by atoms with Crippen LogP contribution in [0.3, 0.4) is 0 Å². The number of aromatic nitrogens is 3. The molecule has 2 aliphatic rings. The van der Waals surface area contributed by atoms with E-state index in [1.165, 1.54) is 25.7 Å². The maximum absolute atomic E-state index is 15.8. The van der Waals surface area contributed by atoms with E-state index in [9.17, 15) is 5.11 Å². The fraction of sp³-hybridized carbons (Fsp3) is 0.409. The van der Waals surface area contributed by atoms with Gasteiger partial charge in [-0.3, -0.25) is 4.98 Å². The minimum Gasteiger partial charge on any atom is -0.508 e. The van der Waals surface area contributed by atoms with Crippen LogP contribution in [-0.2, 0) is 0 Å². The predicted molar refractivity (Wildman–Crippen MR) is 114 cm³/mol. The summed E-state index contributed by atoms with van der Waals surface area (Å²) in [6, 6.07) is 3.15. The highest BCUT2D eigenvalue weighted by Crippen LogP contribution is 2.49. The second kappa shape index (κ2) is 7.54. The van der Waals surface area contributed by atoms with E-state index in [-0.39, 0.29) is 28.9 Å². The first-order valence-corrected chi connectivity index (χ1v) is 10.6. The number of hydrogen-bond acceptors (Lipinski definition) is 6. The quantitative estimate of drug-likeness (QED) is 0.625. The van der Waals surface area contributed by atoms with Crippen LogP contribution in [-0.4, -0.2) is 40.3 Å². The average molecular weight is 429 g/mol. The molecule has 2 fully saturated rings. The van der Waals surface area contributed by atoms with E-state index < -0.39 is 5.82 Å². The van der Waals surface area contributed by atoms with Gasteiger partial charge in [-0.15, -0.1) is 0 Å². The molecule has 6 nitrogen and oxygen atoms in total. The highest BCUT2D eigenvalue weighted by atomic mass is 35.5. The van der Waals surface area contributed by atoms with Crippen LogP contribution in [0.1, 0.15) is 43.6 Å². The Morgan fingerprint density at radius 3 is 2.63 bits per heavy atom. The van der Waals surface area contributed by atoms with Crippen molar-refractivity contribution in [3.8, 4) is 23.0 Å². The monoisotopic (exact) mass is 428 g/mol. The molecule has 5 rings (SSSR count). The number of halogens is 2. The first kappa shape index (κ1) is 19.3. The molecule has 0 spiro atoms. The Labute approximate surface area is 178 Å². The van der Waals surface area contributed by atoms with Crippen LogP contribution in [0.25, 0.3) is 22.2 Å². The van der Waals surface area contributed by atoms with Crippen molar-refractivity contribution in [3.05, 3.63) is 34.7 Å². The standard InChI is InChI=1S/C22H22ClFN4O2/c1-30-22-26-20-15(21(27-22)28-7-3-2-4-8-28)11-25-19(18(20)24)14-9-13(29)10-16(23)17(14)12-5-6-12/h9-12,29H,2-8H2,1H3. The van der Waals surface area contributed by atoms with Gasteiger partial charge in [-0.2, -0.15) is 9.97 Å². The van der Waals surface area contributed by atoms with E-state index in [2.05, 4.69) is 19.9 Å². The second-order valence-electron chi connectivity index (χ2n) is 7.93. The van der Waals surface area contributed by atoms with Crippen molar-refractivity contribution in [2.45, 2.75) is 38.0 Å². The molecule has 0 atom stereocenters. The first-order chi connectivity index (χ1) is 14.6. The van der Waals surface area contributed by atoms with E-state index in [1.54, 1.807) is 6.20 Å². The number of phenols is 1. The zero-order valence-electron chi connectivity index (χ0n) is 16.7. The third-order valence-corrected chi connectivity index (χ3v) is 6.15. The molecule has 0 bridgehead atoms. The largest absolute Gasteiger partial charge is 0.508 e. The molecule has 1 aliphatic carbocycles. The molecule has 0 amide bonds. The van der Waals surface area contributed by atoms with Crippen molar-refractivity contribution in [2.75, 3.05) is 25.1 Å². The van der Waals surface area contributed by atoms with Gasteiger partial charge in [-0.25, -0.2) is 4.39 Å². The topological polar surface area (TPSA) is 71.4 Å². The summed E-state index contributed by atoms with van der Waals surface area (Å²) in [5.41, 5.74) is 1.64. The van der Waals surface area contributed by atoms with Gasteiger partial charge in [0.2, 0.25) is 0 Å². The van der Waals surface area contributed by atoms with Crippen LogP contribution in [0.15, 0.2) is 18.3 Å². The molecular formula is C22H22ClFN4O2. The number of fused-ring (bicyclic) bond motifs is 1. The maximum Gasteiger partial charge on any atom is 0.318 e. The summed E-state index contributed by atoms with van der Waals surface area (Å²) in [5.74, 6) is 0.324. The molecule has 1 N–H and O–H groups in total. The molecule has 1 aromatic carbocycles. The number of phenolic OH excluding ortho intramolecular Hbond substituents is 1. The Balaban J connectivity index is 1.72. The average Bonchev–Trinajstić information content (AvgIpc) is 3.58. The molecule has 0 radical (unpaired) electrons. The fourth-order valence-electron chi connectivity index (χ4n) is 4.23. The summed E-state index contributed by atoms with van der Waals surface area (Å²) in [6.45, 7) is 1.71. The number of ether oxygens (including phenoxy) is 1. The summed E-state index contributed by atoms with van der Waals surface area (Å²) >= 11 is 6.40. The minimum absolute atomic E-state index is 0.0185. The molecular weight excluding hydrogens is 407 g/mol. The molecule has 156 valence electrons. The number of methoxy groups -OCH3 is 1. The number of piperidine rings is 1. The summed E-state index contributed by atoms with van der Waals surface area (Å²) in [4.78, 5) is 15.4. The molecule has 3 heterocycles. The van der Waals surface area contributed by atoms with Gasteiger partial charge in [0.1, 0.15) is 22.8 Å². The molecule has 1 saturated carbocycles. The van der Waals surface area contributed by atoms with E-state index in [4.69, 9.17) is 16.3 Å². The molecule has 1 saturated heterocycles. The number of hydrogen-bond donors (Lipinski definition) is 1. The summed E-state index contributed by atoms with van der Waals surface area (Å²) in [5, 5.41) is 11.1. The van der Waals surface area contributed by atoms with Gasteiger partial charge in [-0.05, 0) is 55.7 Å². The lowest BCUT2D eigenvalue weighted by molar-refractivity contribution is 0.381. The predicted octanol–water partition coefficient (Wildman–Crippen LogP) is 5.07. The van der Waals surface area contributed by atoms with Crippen LogP contribution >= 0.6 is 11.6 Å². The Morgan fingerprint density at radius 1 is 1.17 bits per heavy atom. The molecule has 8 heteroatoms. The van der Waals surface area contributed by atoms with Crippen molar-refractivity contribution in [3.63, 3.8) is 0 Å². The van der Waals surface area contributed by atoms with E-state index in [0.717, 1.165) is 44.3 Å². The third kappa shape index (κ3) is 3.31. The lowest BCUT2D eigenvalue weighted by Gasteiger charge is -2.28. The smallest absolute Gasteiger partial charge is 0.318 e. The summed E-state index contributed by atoms with van der Waals surface area (Å²) in [7, 11) is 1.47. The SMILES string of the molecule is COc1nc(N2CCCCC2)c2cnc(-c3cc(O)cc(Cl)c3C3CC3)c(F)c2n1. The van der Waals surface area contributed by atoms with Gasteiger partial charge < -0.3 is 14.7 Å². The van der Waals surface area contributed by atoms with Crippen LogP contribution in [0, 0.1) is 5.82 Å². The van der Waals surface area contributed by atoms with E-state index in [1.807, 2.05) is 0 Å². The van der Waals surface area contributed by atoms with Gasteiger partial charge in [0.05, 0.1) is 12.5 Å². The van der Waals surface area contributed by atoms with Gasteiger partial charge >= 0.3 is 6.01 Å². The van der Waals surface area contributed by atoms with E-state index >= 15 is 4.39 Å². The number of aromatic hydroxyl groups is 1. The van der Waals surface area contributed by atoms with Crippen LogP contribution < -0.4 is 9.64 Å². The van der Waals surface area contributed by atoms with Crippen LogP contribution in [0.2, 0.25) is 5.02 Å². The highest BCUT2D eigenvalue weighted by molar-refractivity contribution is 6.32. The van der Waals surface area contributed by atoms with Gasteiger partial charge in [-0.1, -0.05) is 11.6 Å². The Hall–Kier alpha value is -2.67. The number of pyridine rings is 1. The van der Waals surface area contributed by atoms with Crippen molar-refractivity contribution in [1.82, 2.24) is 15.0 Å². The Bertz CT molecular complexity index is 1130. The van der Waals surface area contributed by atoms with Crippen LogP contribution in [0.4, 0.5) is 10.2 Å². The lowest BCUT2D eigenvalue weighted by atomic mass is 9.98. The van der Waals surface area contributed by atoms with Gasteiger partial charge in [0, 0.05) is 29.9 Å². The lowest BCUT2D eigenvalue weighted by Crippen LogP contribution is -2.30. The maximum atomic E-state index is 15.8. The normalized spacial score (nSPS) is 16.8. The van der Waals surface area contributed by atoms with Crippen molar-refractivity contribution >= 4 is 28.3 Å². The molecule has 0 unspecified atom stereocenters. The van der Waals surface area contributed by atoms with Crippen LogP contribution in [0.5, 0.6) is 11.8 Å². The molecule has 30 heavy (non-hydrogen) atoms. The highest BCUT2D eigenvalue weighted by Gasteiger charge is 2.31. The first-order valence-electron chi connectivity index (χ1n) is 10.2. The molecule has 2 aromatic heterocycles. The van der Waals surface area contributed by atoms with Crippen molar-refractivity contribution in [1.29, 1.82) is 0 Å². The summed E-state index contributed by atoms with van der Waals surface area (Å²) in [6.07, 6.45) is 6.90. The second-order valence-corrected chi connectivity index (χ2v) is 8.33. The fourth-order valence-corrected chi connectivity index (χ4v) is 4.60. The third-order valence-electron chi connectivity index (χ3n) is 5.84. The zero-order chi connectivity index (χ0) is 20.8. The molecule has 1 aliphatic heterocycles. The number of nitrogens with zero attached hydrogens (tertiary/aromatic N) is 4. The molecule has 3 aromatic rings. The number of rotatable bonds is 4. The zero-order valence-corrected chi connectivity index (χ0v) is 17.4. The van der Waals surface area contributed by atoms with E-state index in [0.29, 0.717) is 21.8 Å². The Kier molecular flexibility index (Phi) is 4.85.